The number of ketones is 1. The summed E-state index contributed by atoms with van der Waals surface area (Å²) < 4.78 is 10.7. The van der Waals surface area contributed by atoms with Gasteiger partial charge in [0.05, 0.1) is 6.54 Å². The standard InChI is InChI=1S/C25H26N2O5/c1-25(19-11-12-21-22(13-19)32-15-31-21)23(29)27(24(30)26-25)14-20(28)18-9-7-17(8-10-18)16-5-3-2-4-6-16/h7-13,16H,2-6,14-15H2,1H3,(H,26,30). The lowest BCUT2D eigenvalue weighted by Gasteiger charge is -2.22. The van der Waals surface area contributed by atoms with E-state index in [0.29, 0.717) is 28.5 Å². The Kier molecular flexibility index (Phi) is 5.12. The van der Waals surface area contributed by atoms with Gasteiger partial charge in [-0.05, 0) is 48.9 Å². The van der Waals surface area contributed by atoms with Crippen molar-refractivity contribution in [3.05, 3.63) is 59.2 Å². The van der Waals surface area contributed by atoms with E-state index in [9.17, 15) is 14.4 Å². The smallest absolute Gasteiger partial charge is 0.325 e. The van der Waals surface area contributed by atoms with Crippen molar-refractivity contribution in [3.8, 4) is 11.5 Å². The molecule has 3 amide bonds. The zero-order valence-electron chi connectivity index (χ0n) is 18.1. The van der Waals surface area contributed by atoms with E-state index in [2.05, 4.69) is 5.32 Å². The highest BCUT2D eigenvalue weighted by Crippen LogP contribution is 2.38. The number of nitrogens with zero attached hydrogens (tertiary/aromatic N) is 1. The van der Waals surface area contributed by atoms with Gasteiger partial charge >= 0.3 is 6.03 Å². The van der Waals surface area contributed by atoms with Gasteiger partial charge in [-0.2, -0.15) is 0 Å². The van der Waals surface area contributed by atoms with Crippen LogP contribution >= 0.6 is 0 Å². The minimum atomic E-state index is -1.27. The van der Waals surface area contributed by atoms with E-state index in [0.717, 1.165) is 4.90 Å². The summed E-state index contributed by atoms with van der Waals surface area (Å²) in [6.07, 6.45) is 6.17. The Morgan fingerprint density at radius 3 is 2.50 bits per heavy atom. The fraction of sp³-hybridized carbons (Fsp3) is 0.400. The molecule has 7 heteroatoms. The van der Waals surface area contributed by atoms with Crippen molar-refractivity contribution >= 4 is 17.7 Å². The lowest BCUT2D eigenvalue weighted by Crippen LogP contribution is -2.41. The van der Waals surface area contributed by atoms with Crippen molar-refractivity contribution in [3.63, 3.8) is 0 Å². The molecule has 0 spiro atoms. The molecule has 2 aromatic rings. The van der Waals surface area contributed by atoms with Gasteiger partial charge in [-0.25, -0.2) is 4.79 Å². The molecule has 1 saturated heterocycles. The Morgan fingerprint density at radius 2 is 1.75 bits per heavy atom. The number of nitrogens with one attached hydrogen (secondary N) is 1. The average molecular weight is 434 g/mol. The third-order valence-corrected chi connectivity index (χ3v) is 6.84. The van der Waals surface area contributed by atoms with Gasteiger partial charge in [-0.1, -0.05) is 49.6 Å². The van der Waals surface area contributed by atoms with E-state index in [1.165, 1.54) is 37.7 Å². The van der Waals surface area contributed by atoms with Crippen LogP contribution in [0.2, 0.25) is 0 Å². The second kappa shape index (κ2) is 7.97. The van der Waals surface area contributed by atoms with Gasteiger partial charge in [-0.15, -0.1) is 0 Å². The van der Waals surface area contributed by atoms with E-state index < -0.39 is 17.5 Å². The van der Waals surface area contributed by atoms with Crippen LogP contribution in [0, 0.1) is 0 Å². The number of hydrogen-bond donors (Lipinski definition) is 1. The summed E-state index contributed by atoms with van der Waals surface area (Å²) in [6, 6.07) is 12.2. The highest BCUT2D eigenvalue weighted by molar-refractivity contribution is 6.11. The number of carbonyl (C=O) groups excluding carboxylic acids is 3. The Hall–Kier alpha value is -3.35. The number of amides is 3. The molecule has 0 radical (unpaired) electrons. The minimum absolute atomic E-state index is 0.121. The van der Waals surface area contributed by atoms with Crippen LogP contribution in [0.25, 0.3) is 0 Å². The Balaban J connectivity index is 1.30. The lowest BCUT2D eigenvalue weighted by atomic mass is 9.84. The molecule has 7 nitrogen and oxygen atoms in total. The monoisotopic (exact) mass is 434 g/mol. The number of carbonyl (C=O) groups is 3. The number of rotatable bonds is 5. The second-order valence-electron chi connectivity index (χ2n) is 8.89. The topological polar surface area (TPSA) is 84.9 Å². The van der Waals surface area contributed by atoms with Crippen molar-refractivity contribution in [1.29, 1.82) is 0 Å². The quantitative estimate of drug-likeness (QED) is 0.565. The van der Waals surface area contributed by atoms with Crippen LogP contribution in [0.15, 0.2) is 42.5 Å². The number of benzene rings is 2. The lowest BCUT2D eigenvalue weighted by molar-refractivity contribution is -0.130. The van der Waals surface area contributed by atoms with Crippen LogP contribution in [0.1, 0.15) is 66.4 Å². The molecule has 2 aromatic carbocycles. The number of Topliss-reactive ketones (excluding diaryl/α,β-unsaturated/α-hetero) is 1. The molecule has 2 heterocycles. The van der Waals surface area contributed by atoms with Crippen molar-refractivity contribution < 1.29 is 23.9 Å². The van der Waals surface area contributed by atoms with Crippen LogP contribution in [-0.2, 0) is 10.3 Å². The van der Waals surface area contributed by atoms with E-state index in [1.807, 2.05) is 24.3 Å². The summed E-state index contributed by atoms with van der Waals surface area (Å²) in [4.78, 5) is 39.7. The summed E-state index contributed by atoms with van der Waals surface area (Å²) in [5.41, 5.74) is 1.06. The summed E-state index contributed by atoms with van der Waals surface area (Å²) in [7, 11) is 0. The van der Waals surface area contributed by atoms with Gasteiger partial charge in [0.15, 0.2) is 17.3 Å². The molecule has 0 bridgehead atoms. The fourth-order valence-corrected chi connectivity index (χ4v) is 4.86. The number of fused-ring (bicyclic) bond motifs is 1. The first kappa shape index (κ1) is 20.5. The van der Waals surface area contributed by atoms with Gasteiger partial charge < -0.3 is 14.8 Å². The zero-order valence-corrected chi connectivity index (χ0v) is 18.1. The van der Waals surface area contributed by atoms with Gasteiger partial charge in [0, 0.05) is 5.56 Å². The molecule has 32 heavy (non-hydrogen) atoms. The van der Waals surface area contributed by atoms with Crippen molar-refractivity contribution in [2.24, 2.45) is 0 Å². The highest BCUT2D eigenvalue weighted by Gasteiger charge is 2.49. The second-order valence-corrected chi connectivity index (χ2v) is 8.89. The third kappa shape index (κ3) is 3.51. The highest BCUT2D eigenvalue weighted by atomic mass is 16.7. The number of urea groups is 1. The molecule has 1 unspecified atom stereocenters. The maximum atomic E-state index is 13.2. The summed E-state index contributed by atoms with van der Waals surface area (Å²) in [5, 5.41) is 2.74. The van der Waals surface area contributed by atoms with Gasteiger partial charge in [0.2, 0.25) is 6.79 Å². The maximum Gasteiger partial charge on any atom is 0.325 e. The SMILES string of the molecule is CC1(c2ccc3c(c2)OCO3)NC(=O)N(CC(=O)c2ccc(C3CCCCC3)cc2)C1=O. The first-order chi connectivity index (χ1) is 15.5. The fourth-order valence-electron chi connectivity index (χ4n) is 4.86. The molecule has 1 saturated carbocycles. The molecule has 2 aliphatic heterocycles. The van der Waals surface area contributed by atoms with Crippen molar-refractivity contribution in [2.75, 3.05) is 13.3 Å². The predicted octanol–water partition coefficient (Wildman–Crippen LogP) is 4.11. The molecule has 1 N–H and O–H groups in total. The number of ether oxygens (including phenoxy) is 2. The maximum absolute atomic E-state index is 13.2. The van der Waals surface area contributed by atoms with Crippen LogP contribution in [0.4, 0.5) is 4.79 Å². The third-order valence-electron chi connectivity index (χ3n) is 6.84. The molecule has 5 rings (SSSR count). The molecular formula is C25H26N2O5. The van der Waals surface area contributed by atoms with E-state index >= 15 is 0 Å². The molecule has 2 fully saturated rings. The van der Waals surface area contributed by atoms with E-state index in [4.69, 9.17) is 9.47 Å². The van der Waals surface area contributed by atoms with Crippen LogP contribution in [0.3, 0.4) is 0 Å². The Labute approximate surface area is 186 Å². The molecular weight excluding hydrogens is 408 g/mol. The van der Waals surface area contributed by atoms with E-state index in [1.54, 1.807) is 25.1 Å². The van der Waals surface area contributed by atoms with Crippen molar-refractivity contribution in [2.45, 2.75) is 50.5 Å². The van der Waals surface area contributed by atoms with Gasteiger partial charge in [0.25, 0.3) is 5.91 Å². The minimum Gasteiger partial charge on any atom is -0.454 e. The van der Waals surface area contributed by atoms with Gasteiger partial charge in [-0.3, -0.25) is 14.5 Å². The first-order valence-corrected chi connectivity index (χ1v) is 11.1. The van der Waals surface area contributed by atoms with Crippen LogP contribution in [0.5, 0.6) is 11.5 Å². The van der Waals surface area contributed by atoms with E-state index in [-0.39, 0.29) is 19.1 Å². The average Bonchev–Trinajstić information content (AvgIpc) is 3.38. The molecule has 1 atom stereocenters. The summed E-state index contributed by atoms with van der Waals surface area (Å²) in [6.45, 7) is 1.46. The predicted molar refractivity (Wildman–Crippen MR) is 117 cm³/mol. The number of imide groups is 1. The normalized spacial score (nSPS) is 22.8. The summed E-state index contributed by atoms with van der Waals surface area (Å²) >= 11 is 0. The van der Waals surface area contributed by atoms with Crippen LogP contribution < -0.4 is 14.8 Å². The molecule has 166 valence electrons. The Bertz CT molecular complexity index is 1070. The van der Waals surface area contributed by atoms with Gasteiger partial charge in [0.1, 0.15) is 5.54 Å². The molecule has 3 aliphatic rings. The number of hydrogen-bond acceptors (Lipinski definition) is 5. The van der Waals surface area contributed by atoms with Crippen molar-refractivity contribution in [1.82, 2.24) is 10.2 Å². The Morgan fingerprint density at radius 1 is 1.03 bits per heavy atom. The zero-order chi connectivity index (χ0) is 22.3. The largest absolute Gasteiger partial charge is 0.454 e. The molecule has 0 aromatic heterocycles. The first-order valence-electron chi connectivity index (χ1n) is 11.1. The summed E-state index contributed by atoms with van der Waals surface area (Å²) in [5.74, 6) is 0.949. The van der Waals surface area contributed by atoms with Crippen LogP contribution in [-0.4, -0.2) is 36.0 Å². The molecule has 1 aliphatic carbocycles.